The first-order chi connectivity index (χ1) is 19.5. The molecule has 1 aromatic heterocycles. The first kappa shape index (κ1) is 29.4. The van der Waals surface area contributed by atoms with Crippen molar-refractivity contribution in [2.75, 3.05) is 4.90 Å². The molecule has 210 valence electrons. The van der Waals surface area contributed by atoms with Crippen molar-refractivity contribution < 1.29 is 13.4 Å². The van der Waals surface area contributed by atoms with E-state index in [0.29, 0.717) is 19.4 Å². The van der Waals surface area contributed by atoms with Crippen molar-refractivity contribution in [2.24, 2.45) is 7.05 Å². The lowest BCUT2D eigenvalue weighted by atomic mass is 9.87. The standard InChI is InChI=1S/C30H31FN4O2S.C2H6/c1-34-19-18-32-29(34)21-35(30(36)17-14-22-8-3-2-4-9-22)24-16-15-23-10-7-12-27(25(23)20-24)33-38(37)28-13-6-5-11-26(28)31;1-2/h2-6,8-9,11,13,15-16,18-20,27,33H,7,10,12,14,17,21H2,1H3;1-2H3. The monoisotopic (exact) mass is 560 g/mol. The number of aromatic nitrogens is 2. The average Bonchev–Trinajstić information content (AvgIpc) is 3.40. The molecule has 4 aromatic rings. The van der Waals surface area contributed by atoms with Crippen LogP contribution < -0.4 is 9.62 Å². The molecule has 2 unspecified atom stereocenters. The van der Waals surface area contributed by atoms with Crippen molar-refractivity contribution in [3.05, 3.63) is 114 Å². The fourth-order valence-corrected chi connectivity index (χ4v) is 5.99. The van der Waals surface area contributed by atoms with Gasteiger partial charge in [0.05, 0.1) is 11.4 Å². The Morgan fingerprint density at radius 1 is 1.10 bits per heavy atom. The minimum Gasteiger partial charge on any atom is -0.337 e. The fourth-order valence-electron chi connectivity index (χ4n) is 4.91. The Hall–Kier alpha value is -3.62. The van der Waals surface area contributed by atoms with E-state index < -0.39 is 16.8 Å². The minimum atomic E-state index is -1.70. The molecule has 0 saturated heterocycles. The third kappa shape index (κ3) is 7.11. The van der Waals surface area contributed by atoms with E-state index in [-0.39, 0.29) is 16.8 Å². The predicted molar refractivity (Wildman–Crippen MR) is 159 cm³/mol. The van der Waals surface area contributed by atoms with Crippen LogP contribution in [-0.2, 0) is 42.2 Å². The van der Waals surface area contributed by atoms with Gasteiger partial charge in [0.25, 0.3) is 0 Å². The van der Waals surface area contributed by atoms with Gasteiger partial charge in [0.1, 0.15) is 22.6 Å². The van der Waals surface area contributed by atoms with Crippen LogP contribution in [0.3, 0.4) is 0 Å². The number of anilines is 1. The number of amides is 1. The minimum absolute atomic E-state index is 0.00653. The number of fused-ring (bicyclic) bond motifs is 1. The lowest BCUT2D eigenvalue weighted by molar-refractivity contribution is -0.118. The summed E-state index contributed by atoms with van der Waals surface area (Å²) in [5.74, 6) is 0.298. The smallest absolute Gasteiger partial charge is 0.227 e. The molecule has 2 atom stereocenters. The number of halogens is 1. The van der Waals surface area contributed by atoms with Gasteiger partial charge in [-0.15, -0.1) is 0 Å². The second-order valence-corrected chi connectivity index (χ2v) is 10.8. The van der Waals surface area contributed by atoms with Crippen molar-refractivity contribution in [3.8, 4) is 0 Å². The van der Waals surface area contributed by atoms with E-state index in [0.717, 1.165) is 47.5 Å². The molecule has 1 aliphatic carbocycles. The number of hydrogen-bond donors (Lipinski definition) is 1. The maximum atomic E-state index is 14.3. The summed E-state index contributed by atoms with van der Waals surface area (Å²) in [6.07, 6.45) is 7.22. The van der Waals surface area contributed by atoms with Crippen LogP contribution in [0.4, 0.5) is 10.1 Å². The van der Waals surface area contributed by atoms with E-state index in [1.165, 1.54) is 6.07 Å². The third-order valence-electron chi connectivity index (χ3n) is 7.03. The molecule has 0 fully saturated rings. The number of benzene rings is 3. The summed E-state index contributed by atoms with van der Waals surface area (Å²) < 4.78 is 32.4. The molecule has 40 heavy (non-hydrogen) atoms. The summed E-state index contributed by atoms with van der Waals surface area (Å²) in [6, 6.07) is 22.0. The summed E-state index contributed by atoms with van der Waals surface area (Å²) >= 11 is 0. The van der Waals surface area contributed by atoms with E-state index in [1.807, 2.05) is 74.1 Å². The molecule has 1 aliphatic rings. The second-order valence-electron chi connectivity index (χ2n) is 9.56. The van der Waals surface area contributed by atoms with Crippen molar-refractivity contribution in [2.45, 2.75) is 63.4 Å². The number of nitrogens with zero attached hydrogens (tertiary/aromatic N) is 3. The Morgan fingerprint density at radius 3 is 2.58 bits per heavy atom. The molecule has 1 amide bonds. The van der Waals surface area contributed by atoms with Crippen molar-refractivity contribution in [3.63, 3.8) is 0 Å². The highest BCUT2D eigenvalue weighted by Crippen LogP contribution is 2.34. The molecule has 0 bridgehead atoms. The molecule has 8 heteroatoms. The number of rotatable bonds is 9. The van der Waals surface area contributed by atoms with E-state index in [4.69, 9.17) is 0 Å². The highest BCUT2D eigenvalue weighted by atomic mass is 32.2. The Bertz CT molecular complexity index is 1440. The van der Waals surface area contributed by atoms with E-state index in [2.05, 4.69) is 15.8 Å². The highest BCUT2D eigenvalue weighted by Gasteiger charge is 2.26. The van der Waals surface area contributed by atoms with Crippen molar-refractivity contribution in [1.29, 1.82) is 0 Å². The normalized spacial score (nSPS) is 14.9. The van der Waals surface area contributed by atoms with Crippen LogP contribution in [0.25, 0.3) is 0 Å². The van der Waals surface area contributed by atoms with Gasteiger partial charge in [-0.2, -0.15) is 0 Å². The molecule has 1 N–H and O–H groups in total. The molecule has 5 rings (SSSR count). The van der Waals surface area contributed by atoms with Gasteiger partial charge in [-0.1, -0.05) is 62.4 Å². The summed E-state index contributed by atoms with van der Waals surface area (Å²) in [7, 11) is 0.218. The summed E-state index contributed by atoms with van der Waals surface area (Å²) in [5.41, 5.74) is 4.04. The van der Waals surface area contributed by atoms with Crippen LogP contribution in [0.1, 0.15) is 61.7 Å². The summed E-state index contributed by atoms with van der Waals surface area (Å²) in [5, 5.41) is 0. The first-order valence-electron chi connectivity index (χ1n) is 13.9. The third-order valence-corrected chi connectivity index (χ3v) is 8.26. The molecule has 6 nitrogen and oxygen atoms in total. The van der Waals surface area contributed by atoms with Gasteiger partial charge in [0.15, 0.2) is 0 Å². The zero-order valence-electron chi connectivity index (χ0n) is 23.3. The molecule has 0 spiro atoms. The summed E-state index contributed by atoms with van der Waals surface area (Å²) in [6.45, 7) is 4.34. The number of carbonyl (C=O) groups excluding carboxylic acids is 1. The lowest BCUT2D eigenvalue weighted by Gasteiger charge is -2.29. The zero-order valence-corrected chi connectivity index (χ0v) is 24.2. The first-order valence-corrected chi connectivity index (χ1v) is 15.0. The number of imidazole rings is 1. The highest BCUT2D eigenvalue weighted by molar-refractivity contribution is 7.83. The molecule has 1 heterocycles. The Kier molecular flexibility index (Phi) is 10.4. The number of aryl methyl sites for hydroxylation is 3. The van der Waals surface area contributed by atoms with Crippen molar-refractivity contribution in [1.82, 2.24) is 14.3 Å². The zero-order chi connectivity index (χ0) is 28.5. The molecular formula is C32H37FN4O2S. The van der Waals surface area contributed by atoms with Gasteiger partial charge in [-0.3, -0.25) is 4.79 Å². The molecule has 0 radical (unpaired) electrons. The molecule has 0 aliphatic heterocycles. The SMILES string of the molecule is CC.Cn1ccnc1CN(C(=O)CCc1ccccc1)c1ccc2c(c1)C(NS(=O)c1ccccc1F)CCC2. The van der Waals surface area contributed by atoms with Gasteiger partial charge >= 0.3 is 0 Å². The Morgan fingerprint density at radius 2 is 1.85 bits per heavy atom. The van der Waals surface area contributed by atoms with Crippen LogP contribution in [-0.4, -0.2) is 19.7 Å². The molecule has 0 saturated carbocycles. The van der Waals surface area contributed by atoms with Crippen LogP contribution in [0.5, 0.6) is 0 Å². The van der Waals surface area contributed by atoms with Gasteiger partial charge in [0.2, 0.25) is 5.91 Å². The van der Waals surface area contributed by atoms with Crippen LogP contribution in [0, 0.1) is 5.82 Å². The van der Waals surface area contributed by atoms with Crippen LogP contribution in [0.2, 0.25) is 0 Å². The topological polar surface area (TPSA) is 67.2 Å². The van der Waals surface area contributed by atoms with Crippen LogP contribution >= 0.6 is 0 Å². The molecular weight excluding hydrogens is 523 g/mol. The maximum Gasteiger partial charge on any atom is 0.227 e. The lowest BCUT2D eigenvalue weighted by Crippen LogP contribution is -2.33. The number of carbonyl (C=O) groups is 1. The predicted octanol–water partition coefficient (Wildman–Crippen LogP) is 6.44. The molecule has 3 aromatic carbocycles. The number of hydrogen-bond acceptors (Lipinski definition) is 3. The second kappa shape index (κ2) is 14.1. The Balaban J connectivity index is 0.00000181. The number of nitrogens with one attached hydrogen (secondary N) is 1. The van der Waals surface area contributed by atoms with Crippen LogP contribution in [0.15, 0.2) is 90.1 Å². The maximum absolute atomic E-state index is 14.3. The van der Waals surface area contributed by atoms with Crippen molar-refractivity contribution >= 4 is 22.6 Å². The van der Waals surface area contributed by atoms with Gasteiger partial charge in [-0.25, -0.2) is 18.3 Å². The average molecular weight is 561 g/mol. The van der Waals surface area contributed by atoms with Gasteiger partial charge < -0.3 is 9.47 Å². The quantitative estimate of drug-likeness (QED) is 0.256. The Labute approximate surface area is 238 Å². The van der Waals surface area contributed by atoms with Gasteiger partial charge in [0, 0.05) is 37.6 Å². The summed E-state index contributed by atoms with van der Waals surface area (Å²) in [4.78, 5) is 20.0. The largest absolute Gasteiger partial charge is 0.337 e. The fraction of sp³-hybridized carbons (Fsp3) is 0.312. The van der Waals surface area contributed by atoms with E-state index in [9.17, 15) is 13.4 Å². The van der Waals surface area contributed by atoms with E-state index in [1.54, 1.807) is 29.3 Å². The van der Waals surface area contributed by atoms with E-state index >= 15 is 0 Å². The van der Waals surface area contributed by atoms with Gasteiger partial charge in [-0.05, 0) is 66.6 Å².